The molecule has 8 rings (SSSR count). The number of nitrogens with one attached hydrogen (secondary N) is 1. The number of pyridine rings is 4. The van der Waals surface area contributed by atoms with E-state index in [1.807, 2.05) is 92.3 Å². The molecule has 0 saturated carbocycles. The number of hydrogen-bond acceptors (Lipinski definition) is 11. The Labute approximate surface area is 313 Å². The molecule has 7 aromatic rings. The zero-order valence-corrected chi connectivity index (χ0v) is 32.1. The SMILES string of the molecule is Cn1cc(-c2cnc3ccc(Cl)nc3c2)cn1.Cn1cc(-c2cnc3ccc(Nc4nccn4COCC[Si](C)(C)C)nc3c2)cn1.NC1=NC=CC1. The Hall–Kier alpha value is -5.77. The minimum absolute atomic E-state index is 0.465. The van der Waals surface area contributed by atoms with Gasteiger partial charge in [-0.3, -0.25) is 23.9 Å². The quantitative estimate of drug-likeness (QED) is 0.0875. The number of ether oxygens (including phenoxy) is 1. The molecule has 53 heavy (non-hydrogen) atoms. The van der Waals surface area contributed by atoms with Gasteiger partial charge >= 0.3 is 0 Å². The second kappa shape index (κ2) is 16.7. The van der Waals surface area contributed by atoms with Gasteiger partial charge in [0, 0.05) is 101 Å². The van der Waals surface area contributed by atoms with Crippen LogP contribution in [0.3, 0.4) is 0 Å². The second-order valence-electron chi connectivity index (χ2n) is 13.6. The topological polar surface area (TPSA) is 165 Å². The van der Waals surface area contributed by atoms with E-state index in [0.29, 0.717) is 23.7 Å². The Morgan fingerprint density at radius 2 is 1.45 bits per heavy atom. The van der Waals surface area contributed by atoms with Crippen molar-refractivity contribution in [3.8, 4) is 22.3 Å². The van der Waals surface area contributed by atoms with E-state index in [-0.39, 0.29) is 0 Å². The lowest BCUT2D eigenvalue weighted by molar-refractivity contribution is 0.0886. The van der Waals surface area contributed by atoms with Gasteiger partial charge in [0.15, 0.2) is 0 Å². The molecule has 1 aliphatic rings. The van der Waals surface area contributed by atoms with Crippen LogP contribution in [-0.4, -0.2) is 69.6 Å². The van der Waals surface area contributed by atoms with Crippen LogP contribution < -0.4 is 11.1 Å². The van der Waals surface area contributed by atoms with Crippen molar-refractivity contribution in [2.75, 3.05) is 11.9 Å². The molecule has 0 amide bonds. The molecule has 0 bridgehead atoms. The third-order valence-electron chi connectivity index (χ3n) is 7.97. The molecule has 0 saturated heterocycles. The maximum Gasteiger partial charge on any atom is 0.210 e. The highest BCUT2D eigenvalue weighted by Gasteiger charge is 2.13. The van der Waals surface area contributed by atoms with E-state index in [0.717, 1.165) is 69.2 Å². The smallest absolute Gasteiger partial charge is 0.210 e. The van der Waals surface area contributed by atoms with Gasteiger partial charge in [-0.25, -0.2) is 19.9 Å². The molecule has 0 aliphatic carbocycles. The number of rotatable bonds is 9. The van der Waals surface area contributed by atoms with Crippen LogP contribution in [0.15, 0.2) is 103 Å². The summed E-state index contributed by atoms with van der Waals surface area (Å²) in [6, 6.07) is 12.6. The van der Waals surface area contributed by atoms with E-state index in [1.165, 1.54) is 0 Å². The van der Waals surface area contributed by atoms with Crippen molar-refractivity contribution >= 4 is 59.3 Å². The molecule has 0 unspecified atom stereocenters. The zero-order valence-electron chi connectivity index (χ0n) is 30.3. The normalized spacial score (nSPS) is 12.3. The van der Waals surface area contributed by atoms with Crippen LogP contribution in [0.4, 0.5) is 11.8 Å². The summed E-state index contributed by atoms with van der Waals surface area (Å²) in [7, 11) is 2.69. The Bertz CT molecular complexity index is 2370. The highest BCUT2D eigenvalue weighted by atomic mass is 35.5. The molecular formula is C37H42ClN13OSi. The average Bonchev–Trinajstić information content (AvgIpc) is 3.97. The van der Waals surface area contributed by atoms with Crippen LogP contribution in [-0.2, 0) is 25.6 Å². The monoisotopic (exact) mass is 747 g/mol. The first-order chi connectivity index (χ1) is 25.5. The summed E-state index contributed by atoms with van der Waals surface area (Å²) in [6.07, 6.45) is 19.3. The summed E-state index contributed by atoms with van der Waals surface area (Å²) in [4.78, 5) is 26.0. The third-order valence-corrected chi connectivity index (χ3v) is 9.89. The van der Waals surface area contributed by atoms with E-state index in [4.69, 9.17) is 27.1 Å². The van der Waals surface area contributed by atoms with E-state index in [2.05, 4.69) is 60.1 Å². The predicted molar refractivity (Wildman–Crippen MR) is 213 cm³/mol. The van der Waals surface area contributed by atoms with E-state index in [9.17, 15) is 0 Å². The van der Waals surface area contributed by atoms with Gasteiger partial charge in [0.25, 0.3) is 0 Å². The van der Waals surface area contributed by atoms with Crippen LogP contribution in [0.2, 0.25) is 30.8 Å². The Balaban J connectivity index is 0.000000173. The van der Waals surface area contributed by atoms with Crippen molar-refractivity contribution in [2.45, 2.75) is 38.8 Å². The summed E-state index contributed by atoms with van der Waals surface area (Å²) in [5.74, 6) is 2.13. The average molecular weight is 748 g/mol. The first kappa shape index (κ1) is 37.0. The highest BCUT2D eigenvalue weighted by molar-refractivity contribution is 6.76. The number of hydrogen-bond donors (Lipinski definition) is 2. The number of anilines is 2. The molecule has 0 atom stereocenters. The van der Waals surface area contributed by atoms with Crippen molar-refractivity contribution in [1.29, 1.82) is 0 Å². The van der Waals surface area contributed by atoms with Crippen molar-refractivity contribution in [2.24, 2.45) is 24.8 Å². The number of aryl methyl sites for hydroxylation is 2. The molecule has 0 aromatic carbocycles. The van der Waals surface area contributed by atoms with Gasteiger partial charge < -0.3 is 15.8 Å². The second-order valence-corrected chi connectivity index (χ2v) is 19.6. The minimum atomic E-state index is -1.09. The van der Waals surface area contributed by atoms with E-state index < -0.39 is 8.07 Å². The molecule has 7 aromatic heterocycles. The number of imidazole rings is 1. The molecule has 3 N–H and O–H groups in total. The third kappa shape index (κ3) is 10.4. The number of nitrogens with zero attached hydrogens (tertiary/aromatic N) is 11. The molecular weight excluding hydrogens is 706 g/mol. The fourth-order valence-electron chi connectivity index (χ4n) is 5.08. The fraction of sp³-hybridized carbons (Fsp3) is 0.243. The first-order valence-corrected chi connectivity index (χ1v) is 21.1. The van der Waals surface area contributed by atoms with Crippen molar-refractivity contribution in [3.63, 3.8) is 0 Å². The van der Waals surface area contributed by atoms with E-state index >= 15 is 0 Å². The first-order valence-electron chi connectivity index (χ1n) is 17.0. The number of nitrogens with two attached hydrogens (primary N) is 1. The summed E-state index contributed by atoms with van der Waals surface area (Å²) in [5, 5.41) is 12.1. The molecule has 272 valence electrons. The summed E-state index contributed by atoms with van der Waals surface area (Å²) < 4.78 is 11.3. The van der Waals surface area contributed by atoms with Crippen LogP contribution in [0.5, 0.6) is 0 Å². The lowest BCUT2D eigenvalue weighted by atomic mass is 10.1. The van der Waals surface area contributed by atoms with Crippen LogP contribution in [0, 0.1) is 0 Å². The number of halogens is 1. The van der Waals surface area contributed by atoms with Gasteiger partial charge in [-0.2, -0.15) is 10.2 Å². The van der Waals surface area contributed by atoms with Gasteiger partial charge in [0.1, 0.15) is 23.5 Å². The number of aliphatic imine (C=N–C) groups is 1. The summed E-state index contributed by atoms with van der Waals surface area (Å²) >= 11 is 5.87. The van der Waals surface area contributed by atoms with Gasteiger partial charge in [0.2, 0.25) is 5.95 Å². The zero-order chi connectivity index (χ0) is 37.4. The van der Waals surface area contributed by atoms with Crippen molar-refractivity contribution in [1.82, 2.24) is 49.0 Å². The van der Waals surface area contributed by atoms with Crippen LogP contribution >= 0.6 is 11.6 Å². The van der Waals surface area contributed by atoms with Gasteiger partial charge in [-0.15, -0.1) is 0 Å². The van der Waals surface area contributed by atoms with Gasteiger partial charge in [0.05, 0.1) is 34.5 Å². The number of fused-ring (bicyclic) bond motifs is 2. The molecule has 1 aliphatic heterocycles. The predicted octanol–water partition coefficient (Wildman–Crippen LogP) is 7.23. The lowest BCUT2D eigenvalue weighted by Crippen LogP contribution is -2.22. The molecule has 0 fully saturated rings. The van der Waals surface area contributed by atoms with Gasteiger partial charge in [-0.1, -0.05) is 37.3 Å². The Kier molecular flexibility index (Phi) is 11.7. The molecule has 0 radical (unpaired) electrons. The summed E-state index contributed by atoms with van der Waals surface area (Å²) in [5.41, 5.74) is 12.5. The van der Waals surface area contributed by atoms with Gasteiger partial charge in [-0.05, 0) is 42.4 Å². The maximum atomic E-state index is 5.87. The van der Waals surface area contributed by atoms with E-state index in [1.54, 1.807) is 34.0 Å². The Morgan fingerprint density at radius 1 is 0.811 bits per heavy atom. The van der Waals surface area contributed by atoms with Crippen LogP contribution in [0.1, 0.15) is 6.42 Å². The Morgan fingerprint density at radius 3 is 2.00 bits per heavy atom. The summed E-state index contributed by atoms with van der Waals surface area (Å²) in [6.45, 7) is 8.28. The van der Waals surface area contributed by atoms with Crippen molar-refractivity contribution in [3.05, 3.63) is 103 Å². The minimum Gasteiger partial charge on any atom is -0.387 e. The highest BCUT2D eigenvalue weighted by Crippen LogP contribution is 2.24. The number of aromatic nitrogens is 10. The van der Waals surface area contributed by atoms with Crippen LogP contribution in [0.25, 0.3) is 44.3 Å². The molecule has 8 heterocycles. The standard InChI is InChI=1S/C21H27N7OSi.C12H9ClN4.C4H6N2/c1-27-14-17(13-24-27)16-11-19-18(23-12-16)5-6-20(25-19)26-21-22-7-8-28(21)15-29-9-10-30(2,3)4;1-17-7-9(6-15-17)8-4-11-10(14-5-8)2-3-12(13)16-11;5-4-2-1-3-6-4/h5-8,11-14H,9-10,15H2,1-4H3,(H,22,25,26);2-7H,1H3;1,3H,2H2,(H2,5,6). The number of amidine groups is 1. The fourth-order valence-corrected chi connectivity index (χ4v) is 5.99. The molecule has 0 spiro atoms. The van der Waals surface area contributed by atoms with Crippen molar-refractivity contribution < 1.29 is 4.74 Å². The molecule has 16 heteroatoms. The maximum absolute atomic E-state index is 5.87. The lowest BCUT2D eigenvalue weighted by Gasteiger charge is -2.16. The largest absolute Gasteiger partial charge is 0.387 e. The molecule has 14 nitrogen and oxygen atoms in total.